The molecule has 10 rings (SSSR count). The van der Waals surface area contributed by atoms with Gasteiger partial charge in [-0.05, 0) is 40.5 Å². The van der Waals surface area contributed by atoms with Crippen LogP contribution in [0.4, 0.5) is 0 Å². The Hall–Kier alpha value is -6.01. The van der Waals surface area contributed by atoms with Crippen molar-refractivity contribution in [2.75, 3.05) is 0 Å². The van der Waals surface area contributed by atoms with Crippen molar-refractivity contribution in [2.45, 2.75) is 0 Å². The van der Waals surface area contributed by atoms with E-state index in [2.05, 4.69) is 36.4 Å². The number of fused-ring (bicyclic) bond motifs is 6. The van der Waals surface area contributed by atoms with Crippen molar-refractivity contribution < 1.29 is 12.3 Å². The fraction of sp³-hybridized carbons (Fsp3) is 0. The van der Waals surface area contributed by atoms with Crippen LogP contribution < -0.4 is 0 Å². The van der Waals surface area contributed by atoms with Crippen molar-refractivity contribution in [3.8, 4) is 56.4 Å². The summed E-state index contributed by atoms with van der Waals surface area (Å²) in [7, 11) is 0. The summed E-state index contributed by atoms with van der Waals surface area (Å²) in [6.45, 7) is 0. The summed E-state index contributed by atoms with van der Waals surface area (Å²) in [5.41, 5.74) is 2.44. The van der Waals surface area contributed by atoms with Crippen LogP contribution in [-0.2, 0) is 0 Å². The standard InChI is InChI=1S/C45H27N3S2/c1-2-12-28(13-3-1)31-14-4-5-17-37(31)44-46-43(47-45(48-44)38-21-11-20-36-34-16-7-9-23-40(34)50-42(36)38)30-26-24-29(25-27-30)32-18-10-19-35-33-15-6-8-22-39(33)49-41(32)35/h1-27H/i1D,2D,3D,4D,5D,12D,13D,14D,17D. The molecule has 0 bridgehead atoms. The van der Waals surface area contributed by atoms with Crippen molar-refractivity contribution in [1.82, 2.24) is 15.0 Å². The molecule has 0 saturated heterocycles. The van der Waals surface area contributed by atoms with E-state index in [1.807, 2.05) is 72.8 Å². The maximum absolute atomic E-state index is 9.19. The van der Waals surface area contributed by atoms with Gasteiger partial charge in [0.1, 0.15) is 0 Å². The lowest BCUT2D eigenvalue weighted by atomic mass is 9.99. The Labute approximate surface area is 309 Å². The summed E-state index contributed by atoms with van der Waals surface area (Å²) < 4.78 is 82.5. The lowest BCUT2D eigenvalue weighted by molar-refractivity contribution is 1.08. The average molecular weight is 683 g/mol. The van der Waals surface area contributed by atoms with Crippen LogP contribution in [0.25, 0.3) is 96.8 Å². The molecule has 3 heterocycles. The lowest BCUT2D eigenvalue weighted by Gasteiger charge is -2.12. The van der Waals surface area contributed by atoms with Crippen molar-refractivity contribution >= 4 is 63.0 Å². The second-order valence-electron chi connectivity index (χ2n) is 11.7. The Kier molecular flexibility index (Phi) is 5.01. The summed E-state index contributed by atoms with van der Waals surface area (Å²) in [6.07, 6.45) is 0. The van der Waals surface area contributed by atoms with Crippen LogP contribution in [0.3, 0.4) is 0 Å². The lowest BCUT2D eigenvalue weighted by Crippen LogP contribution is -2.01. The third-order valence-corrected chi connectivity index (χ3v) is 11.2. The van der Waals surface area contributed by atoms with E-state index in [1.165, 1.54) is 20.2 Å². The molecule has 234 valence electrons. The maximum Gasteiger partial charge on any atom is 0.165 e. The first-order valence-electron chi connectivity index (χ1n) is 20.4. The van der Waals surface area contributed by atoms with E-state index in [-0.39, 0.29) is 34.2 Å². The van der Waals surface area contributed by atoms with Gasteiger partial charge in [0.15, 0.2) is 17.5 Å². The molecule has 0 aliphatic carbocycles. The van der Waals surface area contributed by atoms with Gasteiger partial charge in [-0.25, -0.2) is 15.0 Å². The molecule has 0 amide bonds. The Balaban J connectivity index is 1.23. The summed E-state index contributed by atoms with van der Waals surface area (Å²) >= 11 is 3.32. The van der Waals surface area contributed by atoms with Gasteiger partial charge in [-0.1, -0.05) is 145 Å². The molecule has 0 N–H and O–H groups in total. The van der Waals surface area contributed by atoms with Gasteiger partial charge in [0, 0.05) is 57.0 Å². The van der Waals surface area contributed by atoms with Crippen molar-refractivity contribution in [1.29, 1.82) is 0 Å². The molecule has 3 nitrogen and oxygen atoms in total. The minimum absolute atomic E-state index is 0.143. The first kappa shape index (κ1) is 21.2. The zero-order chi connectivity index (χ0) is 40.9. The third-order valence-electron chi connectivity index (χ3n) is 8.80. The summed E-state index contributed by atoms with van der Waals surface area (Å²) in [4.78, 5) is 14.8. The van der Waals surface area contributed by atoms with E-state index in [0.29, 0.717) is 11.1 Å². The topological polar surface area (TPSA) is 38.7 Å². The van der Waals surface area contributed by atoms with Gasteiger partial charge >= 0.3 is 0 Å². The maximum atomic E-state index is 9.19. The second kappa shape index (κ2) is 11.8. The number of nitrogens with zero attached hydrogens (tertiary/aromatic N) is 3. The fourth-order valence-electron chi connectivity index (χ4n) is 6.48. The fourth-order valence-corrected chi connectivity index (χ4v) is 8.93. The molecule has 0 atom stereocenters. The van der Waals surface area contributed by atoms with Gasteiger partial charge in [-0.3, -0.25) is 0 Å². The quantitative estimate of drug-likeness (QED) is 0.181. The molecule has 0 radical (unpaired) electrons. The van der Waals surface area contributed by atoms with Gasteiger partial charge in [0.25, 0.3) is 0 Å². The van der Waals surface area contributed by atoms with Gasteiger partial charge in [0.2, 0.25) is 0 Å². The highest BCUT2D eigenvalue weighted by Gasteiger charge is 2.19. The molecule has 10 aromatic rings. The van der Waals surface area contributed by atoms with Gasteiger partial charge in [0.05, 0.1) is 12.3 Å². The zero-order valence-corrected chi connectivity index (χ0v) is 27.7. The first-order chi connectivity index (χ1) is 28.5. The molecule has 0 saturated carbocycles. The number of aromatic nitrogens is 3. The predicted molar refractivity (Wildman–Crippen MR) is 213 cm³/mol. The van der Waals surface area contributed by atoms with Crippen LogP contribution in [0.15, 0.2) is 164 Å². The predicted octanol–water partition coefficient (Wildman–Crippen LogP) is 12.9. The SMILES string of the molecule is [2H]c1c([2H])c([2H])c(-c2c([2H])c([2H])c([2H])c([2H])c2-c2nc(-c3ccc(-c4cccc5c4sc4ccccc45)cc3)nc(-c3cccc4c3sc3ccccc34)n2)c([2H])c1[2H]. The number of thiophene rings is 2. The Morgan fingerprint density at radius 3 is 1.54 bits per heavy atom. The third kappa shape index (κ3) is 4.82. The van der Waals surface area contributed by atoms with Crippen LogP contribution in [0, 0.1) is 0 Å². The molecule has 0 spiro atoms. The summed E-state index contributed by atoms with van der Waals surface area (Å²) in [6, 6.07) is 30.8. The van der Waals surface area contributed by atoms with E-state index < -0.39 is 54.4 Å². The van der Waals surface area contributed by atoms with Crippen molar-refractivity contribution in [3.63, 3.8) is 0 Å². The van der Waals surface area contributed by atoms with E-state index in [9.17, 15) is 1.37 Å². The van der Waals surface area contributed by atoms with Crippen molar-refractivity contribution in [2.24, 2.45) is 0 Å². The van der Waals surface area contributed by atoms with E-state index in [0.717, 1.165) is 31.3 Å². The van der Waals surface area contributed by atoms with E-state index in [4.69, 9.17) is 25.9 Å². The highest BCUT2D eigenvalue weighted by molar-refractivity contribution is 7.26. The number of rotatable bonds is 5. The highest BCUT2D eigenvalue weighted by atomic mass is 32.1. The zero-order valence-electron chi connectivity index (χ0n) is 35.1. The monoisotopic (exact) mass is 682 g/mol. The minimum atomic E-state index is -0.640. The minimum Gasteiger partial charge on any atom is -0.208 e. The van der Waals surface area contributed by atoms with Crippen LogP contribution in [0.2, 0.25) is 0 Å². The molecule has 0 aliphatic rings. The van der Waals surface area contributed by atoms with E-state index in [1.54, 1.807) is 22.7 Å². The second-order valence-corrected chi connectivity index (χ2v) is 13.8. The van der Waals surface area contributed by atoms with Crippen LogP contribution in [-0.4, -0.2) is 15.0 Å². The molecule has 3 aromatic heterocycles. The Morgan fingerprint density at radius 1 is 0.360 bits per heavy atom. The first-order valence-corrected chi connectivity index (χ1v) is 17.5. The largest absolute Gasteiger partial charge is 0.208 e. The molecule has 50 heavy (non-hydrogen) atoms. The molecule has 0 fully saturated rings. The Bertz CT molecular complexity index is 3370. The van der Waals surface area contributed by atoms with Gasteiger partial charge in [-0.15, -0.1) is 22.7 Å². The normalized spacial score (nSPS) is 14.1. The molecule has 0 unspecified atom stereocenters. The van der Waals surface area contributed by atoms with Crippen LogP contribution >= 0.6 is 22.7 Å². The molecule has 0 aliphatic heterocycles. The van der Waals surface area contributed by atoms with E-state index >= 15 is 0 Å². The number of hydrogen-bond donors (Lipinski definition) is 0. The Morgan fingerprint density at radius 2 is 0.860 bits per heavy atom. The smallest absolute Gasteiger partial charge is 0.165 e. The average Bonchev–Trinajstić information content (AvgIpc) is 3.85. The van der Waals surface area contributed by atoms with Gasteiger partial charge in [-0.2, -0.15) is 0 Å². The molecular weight excluding hydrogens is 647 g/mol. The summed E-state index contributed by atoms with van der Waals surface area (Å²) in [5.74, 6) is 0.311. The van der Waals surface area contributed by atoms with Crippen LogP contribution in [0.1, 0.15) is 12.3 Å². The van der Waals surface area contributed by atoms with Gasteiger partial charge < -0.3 is 0 Å². The van der Waals surface area contributed by atoms with Crippen LogP contribution in [0.5, 0.6) is 0 Å². The molecule has 7 aromatic carbocycles. The number of benzene rings is 7. The highest BCUT2D eigenvalue weighted by Crippen LogP contribution is 2.42. The summed E-state index contributed by atoms with van der Waals surface area (Å²) in [5, 5.41) is 4.44. The van der Waals surface area contributed by atoms with Crippen molar-refractivity contribution in [3.05, 3.63) is 164 Å². The molecular formula is C45H27N3S2. The number of hydrogen-bond acceptors (Lipinski definition) is 5. The molecule has 5 heteroatoms.